The van der Waals surface area contributed by atoms with E-state index in [1.54, 1.807) is 34.6 Å². The zero-order valence-electron chi connectivity index (χ0n) is 9.01. The van der Waals surface area contributed by atoms with E-state index in [0.717, 1.165) is 0 Å². The number of rotatable bonds is 3. The molecule has 0 aromatic carbocycles. The van der Waals surface area contributed by atoms with Crippen LogP contribution < -0.4 is 10.5 Å². The van der Waals surface area contributed by atoms with E-state index in [4.69, 9.17) is 5.73 Å². The summed E-state index contributed by atoms with van der Waals surface area (Å²) in [6.45, 7) is 8.76. The molecule has 0 unspecified atom stereocenters. The first-order chi connectivity index (χ1) is 5.52. The summed E-state index contributed by atoms with van der Waals surface area (Å²) in [7, 11) is -3.30. The topological polar surface area (TPSA) is 72.2 Å². The third-order valence-corrected chi connectivity index (χ3v) is 4.16. The zero-order valence-corrected chi connectivity index (χ0v) is 9.83. The lowest BCUT2D eigenvalue weighted by molar-refractivity contribution is 0.449. The lowest BCUT2D eigenvalue weighted by Crippen LogP contribution is -2.53. The van der Waals surface area contributed by atoms with Gasteiger partial charge in [-0.1, -0.05) is 0 Å². The van der Waals surface area contributed by atoms with Gasteiger partial charge >= 0.3 is 0 Å². The third kappa shape index (κ3) is 3.62. The van der Waals surface area contributed by atoms with Gasteiger partial charge in [0, 0.05) is 12.1 Å². The Hall–Kier alpha value is -0.130. The van der Waals surface area contributed by atoms with Crippen molar-refractivity contribution in [1.29, 1.82) is 0 Å². The largest absolute Gasteiger partial charge is 0.329 e. The molecule has 0 rings (SSSR count). The van der Waals surface area contributed by atoms with E-state index >= 15 is 0 Å². The summed E-state index contributed by atoms with van der Waals surface area (Å²) in [5.41, 5.74) is 4.85. The van der Waals surface area contributed by atoms with Gasteiger partial charge in [-0.3, -0.25) is 0 Å². The van der Waals surface area contributed by atoms with Gasteiger partial charge in [0.05, 0.1) is 4.75 Å². The summed E-state index contributed by atoms with van der Waals surface area (Å²) in [6, 6.07) is 0. The van der Waals surface area contributed by atoms with Crippen LogP contribution in [0.2, 0.25) is 0 Å². The Morgan fingerprint density at radius 3 is 1.77 bits per heavy atom. The normalized spacial score (nSPS) is 14.6. The fourth-order valence-corrected chi connectivity index (χ4v) is 1.68. The Labute approximate surface area is 80.9 Å². The van der Waals surface area contributed by atoms with Gasteiger partial charge in [0.1, 0.15) is 0 Å². The smallest absolute Gasteiger partial charge is 0.217 e. The molecule has 80 valence electrons. The highest BCUT2D eigenvalue weighted by Crippen LogP contribution is 2.16. The predicted molar refractivity (Wildman–Crippen MR) is 54.9 cm³/mol. The van der Waals surface area contributed by atoms with Crippen molar-refractivity contribution in [3.63, 3.8) is 0 Å². The predicted octanol–water partition coefficient (Wildman–Crippen LogP) is 0.442. The molecule has 4 nitrogen and oxygen atoms in total. The van der Waals surface area contributed by atoms with Gasteiger partial charge in [-0.2, -0.15) is 0 Å². The van der Waals surface area contributed by atoms with E-state index < -0.39 is 20.3 Å². The molecular formula is C8H20N2O2S. The van der Waals surface area contributed by atoms with Crippen molar-refractivity contribution < 1.29 is 8.42 Å². The van der Waals surface area contributed by atoms with Crippen molar-refractivity contribution in [2.75, 3.05) is 6.54 Å². The highest BCUT2D eigenvalue weighted by molar-refractivity contribution is 7.90. The minimum absolute atomic E-state index is 0.280. The molecule has 13 heavy (non-hydrogen) atoms. The van der Waals surface area contributed by atoms with Crippen molar-refractivity contribution in [3.8, 4) is 0 Å². The Balaban J connectivity index is 4.74. The van der Waals surface area contributed by atoms with Crippen molar-refractivity contribution in [2.45, 2.75) is 44.9 Å². The standard InChI is InChI=1S/C8H20N2O2S/c1-7(2,3)13(11,12)10-8(4,5)6-9/h10H,6,9H2,1-5H3. The van der Waals surface area contributed by atoms with Crippen LogP contribution in [0.15, 0.2) is 0 Å². The van der Waals surface area contributed by atoms with E-state index in [0.29, 0.717) is 0 Å². The molecule has 0 fully saturated rings. The van der Waals surface area contributed by atoms with Crippen LogP contribution in [0.1, 0.15) is 34.6 Å². The first-order valence-corrected chi connectivity index (χ1v) is 5.74. The van der Waals surface area contributed by atoms with Crippen molar-refractivity contribution in [1.82, 2.24) is 4.72 Å². The summed E-state index contributed by atoms with van der Waals surface area (Å²) in [4.78, 5) is 0. The fraction of sp³-hybridized carbons (Fsp3) is 1.00. The van der Waals surface area contributed by atoms with Gasteiger partial charge in [-0.05, 0) is 34.6 Å². The molecule has 0 saturated heterocycles. The van der Waals surface area contributed by atoms with Crippen LogP contribution in [-0.4, -0.2) is 25.2 Å². The molecule has 0 radical (unpaired) electrons. The first kappa shape index (κ1) is 12.9. The average molecular weight is 208 g/mol. The highest BCUT2D eigenvalue weighted by Gasteiger charge is 2.33. The molecule has 0 heterocycles. The van der Waals surface area contributed by atoms with Crippen molar-refractivity contribution in [2.24, 2.45) is 5.73 Å². The van der Waals surface area contributed by atoms with Gasteiger partial charge in [-0.25, -0.2) is 13.1 Å². The number of nitrogens with two attached hydrogens (primary N) is 1. The van der Waals surface area contributed by atoms with Gasteiger partial charge in [0.25, 0.3) is 0 Å². The number of hydrogen-bond donors (Lipinski definition) is 2. The number of nitrogens with one attached hydrogen (secondary N) is 1. The van der Waals surface area contributed by atoms with E-state index in [1.165, 1.54) is 0 Å². The zero-order chi connectivity index (χ0) is 10.9. The number of hydrogen-bond acceptors (Lipinski definition) is 3. The van der Waals surface area contributed by atoms with E-state index in [-0.39, 0.29) is 6.54 Å². The molecule has 0 aliphatic heterocycles. The van der Waals surface area contributed by atoms with Crippen LogP contribution in [0.25, 0.3) is 0 Å². The van der Waals surface area contributed by atoms with Crippen LogP contribution in [-0.2, 0) is 10.0 Å². The minimum Gasteiger partial charge on any atom is -0.329 e. The van der Waals surface area contributed by atoms with Gasteiger partial charge < -0.3 is 5.73 Å². The molecule has 0 amide bonds. The maximum atomic E-state index is 11.7. The van der Waals surface area contributed by atoms with Gasteiger partial charge in [0.2, 0.25) is 10.0 Å². The summed E-state index contributed by atoms with van der Waals surface area (Å²) < 4.78 is 25.1. The molecule has 0 saturated carbocycles. The molecule has 0 aromatic rings. The Kier molecular flexibility index (Phi) is 3.52. The van der Waals surface area contributed by atoms with E-state index in [1.807, 2.05) is 0 Å². The second kappa shape index (κ2) is 3.55. The third-order valence-electron chi connectivity index (χ3n) is 1.73. The summed E-state index contributed by atoms with van der Waals surface area (Å²) >= 11 is 0. The average Bonchev–Trinajstić information content (AvgIpc) is 1.83. The van der Waals surface area contributed by atoms with E-state index in [9.17, 15) is 8.42 Å². The van der Waals surface area contributed by atoms with Crippen LogP contribution in [0.5, 0.6) is 0 Å². The molecule has 0 bridgehead atoms. The van der Waals surface area contributed by atoms with Crippen LogP contribution in [0.4, 0.5) is 0 Å². The summed E-state index contributed by atoms with van der Waals surface area (Å²) in [6.07, 6.45) is 0. The Bertz CT molecular complexity index is 262. The molecule has 0 spiro atoms. The highest BCUT2D eigenvalue weighted by atomic mass is 32.2. The van der Waals surface area contributed by atoms with Gasteiger partial charge in [-0.15, -0.1) is 0 Å². The molecule has 0 aromatic heterocycles. The fourth-order valence-electron chi connectivity index (χ4n) is 0.558. The maximum absolute atomic E-state index is 11.7. The Morgan fingerprint density at radius 2 is 1.54 bits per heavy atom. The number of sulfonamides is 1. The monoisotopic (exact) mass is 208 g/mol. The minimum atomic E-state index is -3.30. The second-order valence-corrected chi connectivity index (χ2v) is 7.24. The maximum Gasteiger partial charge on any atom is 0.217 e. The van der Waals surface area contributed by atoms with Crippen molar-refractivity contribution in [3.05, 3.63) is 0 Å². The van der Waals surface area contributed by atoms with Crippen LogP contribution >= 0.6 is 0 Å². The molecule has 3 N–H and O–H groups in total. The lowest BCUT2D eigenvalue weighted by Gasteiger charge is -2.29. The Morgan fingerprint density at radius 1 is 1.15 bits per heavy atom. The molecule has 0 aliphatic rings. The van der Waals surface area contributed by atoms with E-state index in [2.05, 4.69) is 4.72 Å². The summed E-state index contributed by atoms with van der Waals surface area (Å²) in [5, 5.41) is 0. The van der Waals surface area contributed by atoms with Crippen molar-refractivity contribution >= 4 is 10.0 Å². The molecule has 5 heteroatoms. The van der Waals surface area contributed by atoms with Crippen LogP contribution in [0.3, 0.4) is 0 Å². The molecular weight excluding hydrogens is 188 g/mol. The quantitative estimate of drug-likeness (QED) is 0.707. The SMILES string of the molecule is CC(C)(CN)NS(=O)(=O)C(C)(C)C. The summed E-state index contributed by atoms with van der Waals surface area (Å²) in [5.74, 6) is 0. The second-order valence-electron chi connectivity index (χ2n) is 4.81. The first-order valence-electron chi connectivity index (χ1n) is 4.25. The van der Waals surface area contributed by atoms with Gasteiger partial charge in [0.15, 0.2) is 0 Å². The molecule has 0 atom stereocenters. The van der Waals surface area contributed by atoms with Crippen LogP contribution in [0, 0.1) is 0 Å². The molecule has 0 aliphatic carbocycles. The lowest BCUT2D eigenvalue weighted by atomic mass is 10.1.